The van der Waals surface area contributed by atoms with Gasteiger partial charge in [-0.1, -0.05) is 6.42 Å². The summed E-state index contributed by atoms with van der Waals surface area (Å²) >= 11 is 0. The number of ether oxygens (including phenoxy) is 2. The summed E-state index contributed by atoms with van der Waals surface area (Å²) in [6.07, 6.45) is 6.70. The van der Waals surface area contributed by atoms with E-state index in [9.17, 15) is 0 Å². The molecule has 1 saturated carbocycles. The van der Waals surface area contributed by atoms with Crippen LogP contribution in [0.3, 0.4) is 0 Å². The molecule has 0 amide bonds. The first kappa shape index (κ1) is 12.9. The van der Waals surface area contributed by atoms with Crippen molar-refractivity contribution in [3.8, 4) is 0 Å². The SMILES string of the molecule is COCCOCCCCNCC1CCC1. The fourth-order valence-corrected chi connectivity index (χ4v) is 1.70. The molecule has 0 aromatic rings. The predicted molar refractivity (Wildman–Crippen MR) is 62.1 cm³/mol. The second-order valence-corrected chi connectivity index (χ2v) is 4.31. The zero-order valence-corrected chi connectivity index (χ0v) is 9.96. The molecule has 0 bridgehead atoms. The number of hydrogen-bond donors (Lipinski definition) is 1. The number of nitrogens with one attached hydrogen (secondary N) is 1. The van der Waals surface area contributed by atoms with E-state index < -0.39 is 0 Å². The van der Waals surface area contributed by atoms with Gasteiger partial charge >= 0.3 is 0 Å². The van der Waals surface area contributed by atoms with E-state index in [1.54, 1.807) is 7.11 Å². The van der Waals surface area contributed by atoms with Crippen molar-refractivity contribution in [3.05, 3.63) is 0 Å². The first-order valence-electron chi connectivity index (χ1n) is 6.21. The third-order valence-corrected chi connectivity index (χ3v) is 2.98. The number of rotatable bonds is 10. The number of methoxy groups -OCH3 is 1. The van der Waals surface area contributed by atoms with E-state index in [1.165, 1.54) is 32.2 Å². The van der Waals surface area contributed by atoms with E-state index in [1.807, 2.05) is 0 Å². The lowest BCUT2D eigenvalue weighted by Gasteiger charge is -2.25. The zero-order chi connectivity index (χ0) is 10.8. The molecule has 3 nitrogen and oxygen atoms in total. The van der Waals surface area contributed by atoms with Gasteiger partial charge in [-0.05, 0) is 44.7 Å². The van der Waals surface area contributed by atoms with Crippen LogP contribution < -0.4 is 5.32 Å². The van der Waals surface area contributed by atoms with E-state index in [0.717, 1.165) is 32.1 Å². The molecular weight excluding hydrogens is 190 g/mol. The van der Waals surface area contributed by atoms with Crippen molar-refractivity contribution in [2.45, 2.75) is 32.1 Å². The van der Waals surface area contributed by atoms with Crippen LogP contribution >= 0.6 is 0 Å². The largest absolute Gasteiger partial charge is 0.382 e. The monoisotopic (exact) mass is 215 g/mol. The van der Waals surface area contributed by atoms with Crippen LogP contribution in [0.1, 0.15) is 32.1 Å². The highest BCUT2D eigenvalue weighted by Gasteiger charge is 2.15. The van der Waals surface area contributed by atoms with Crippen LogP contribution in [0.15, 0.2) is 0 Å². The quantitative estimate of drug-likeness (QED) is 0.564. The Morgan fingerprint density at radius 2 is 2.00 bits per heavy atom. The van der Waals surface area contributed by atoms with Crippen LogP contribution in [0, 0.1) is 5.92 Å². The molecule has 1 aliphatic rings. The average Bonchev–Trinajstić information content (AvgIpc) is 2.18. The third kappa shape index (κ3) is 6.88. The molecule has 15 heavy (non-hydrogen) atoms. The van der Waals surface area contributed by atoms with Crippen LogP contribution in [0.25, 0.3) is 0 Å². The Balaban J connectivity index is 1.66. The molecule has 0 aromatic heterocycles. The van der Waals surface area contributed by atoms with Gasteiger partial charge in [-0.2, -0.15) is 0 Å². The Morgan fingerprint density at radius 1 is 1.13 bits per heavy atom. The van der Waals surface area contributed by atoms with Crippen LogP contribution in [0.2, 0.25) is 0 Å². The second-order valence-electron chi connectivity index (χ2n) is 4.31. The molecule has 0 aliphatic heterocycles. The van der Waals surface area contributed by atoms with Crippen molar-refractivity contribution in [1.29, 1.82) is 0 Å². The van der Waals surface area contributed by atoms with Crippen LogP contribution in [-0.2, 0) is 9.47 Å². The van der Waals surface area contributed by atoms with Crippen LogP contribution in [0.4, 0.5) is 0 Å². The maximum absolute atomic E-state index is 5.38. The molecule has 0 aromatic carbocycles. The molecular formula is C12H25NO2. The van der Waals surface area contributed by atoms with Crippen molar-refractivity contribution < 1.29 is 9.47 Å². The van der Waals surface area contributed by atoms with Crippen molar-refractivity contribution in [3.63, 3.8) is 0 Å². The minimum absolute atomic E-state index is 0.708. The van der Waals surface area contributed by atoms with Crippen molar-refractivity contribution in [1.82, 2.24) is 5.32 Å². The number of hydrogen-bond acceptors (Lipinski definition) is 3. The van der Waals surface area contributed by atoms with Gasteiger partial charge in [-0.3, -0.25) is 0 Å². The van der Waals surface area contributed by atoms with E-state index in [0.29, 0.717) is 6.61 Å². The molecule has 1 aliphatic carbocycles. The molecule has 1 fully saturated rings. The first-order valence-corrected chi connectivity index (χ1v) is 6.21. The van der Waals surface area contributed by atoms with E-state index in [-0.39, 0.29) is 0 Å². The Kier molecular flexibility index (Phi) is 7.88. The summed E-state index contributed by atoms with van der Waals surface area (Å²) in [5, 5.41) is 3.51. The maximum atomic E-state index is 5.38. The van der Waals surface area contributed by atoms with Gasteiger partial charge in [0.25, 0.3) is 0 Å². The second kappa shape index (κ2) is 9.13. The van der Waals surface area contributed by atoms with Gasteiger partial charge in [0.05, 0.1) is 13.2 Å². The topological polar surface area (TPSA) is 30.5 Å². The lowest BCUT2D eigenvalue weighted by molar-refractivity contribution is 0.0687. The highest BCUT2D eigenvalue weighted by Crippen LogP contribution is 2.24. The van der Waals surface area contributed by atoms with E-state index in [4.69, 9.17) is 9.47 Å². The summed E-state index contributed by atoms with van der Waals surface area (Å²) in [6, 6.07) is 0. The minimum Gasteiger partial charge on any atom is -0.382 e. The first-order chi connectivity index (χ1) is 7.43. The summed E-state index contributed by atoms with van der Waals surface area (Å²) in [6.45, 7) is 4.68. The standard InChI is InChI=1S/C12H25NO2/c1-14-9-10-15-8-3-2-7-13-11-12-5-4-6-12/h12-13H,2-11H2,1H3. The van der Waals surface area contributed by atoms with Crippen molar-refractivity contribution in [2.75, 3.05) is 40.0 Å². The molecule has 0 spiro atoms. The summed E-state index contributed by atoms with van der Waals surface area (Å²) in [5.74, 6) is 0.975. The molecule has 1 rings (SSSR count). The molecule has 3 heteroatoms. The highest BCUT2D eigenvalue weighted by molar-refractivity contribution is 4.71. The van der Waals surface area contributed by atoms with Gasteiger partial charge in [0, 0.05) is 13.7 Å². The smallest absolute Gasteiger partial charge is 0.0700 e. The van der Waals surface area contributed by atoms with Gasteiger partial charge in [0.15, 0.2) is 0 Å². The summed E-state index contributed by atoms with van der Waals surface area (Å²) in [4.78, 5) is 0. The molecule has 0 saturated heterocycles. The molecule has 1 N–H and O–H groups in total. The number of unbranched alkanes of at least 4 members (excludes halogenated alkanes) is 1. The van der Waals surface area contributed by atoms with Crippen LogP contribution in [0.5, 0.6) is 0 Å². The minimum atomic E-state index is 0.708. The Labute approximate surface area is 93.5 Å². The molecule has 90 valence electrons. The van der Waals surface area contributed by atoms with Gasteiger partial charge in [-0.15, -0.1) is 0 Å². The van der Waals surface area contributed by atoms with Gasteiger partial charge in [0.2, 0.25) is 0 Å². The van der Waals surface area contributed by atoms with Crippen molar-refractivity contribution >= 4 is 0 Å². The zero-order valence-electron chi connectivity index (χ0n) is 9.96. The fourth-order valence-electron chi connectivity index (χ4n) is 1.70. The lowest BCUT2D eigenvalue weighted by Crippen LogP contribution is -2.28. The lowest BCUT2D eigenvalue weighted by atomic mass is 9.85. The summed E-state index contributed by atoms with van der Waals surface area (Å²) in [5.41, 5.74) is 0. The Morgan fingerprint density at radius 3 is 2.67 bits per heavy atom. The molecule has 0 atom stereocenters. The molecule has 0 unspecified atom stereocenters. The summed E-state index contributed by atoms with van der Waals surface area (Å²) < 4.78 is 10.3. The van der Waals surface area contributed by atoms with E-state index >= 15 is 0 Å². The van der Waals surface area contributed by atoms with Gasteiger partial charge in [0.1, 0.15) is 0 Å². The molecule has 0 radical (unpaired) electrons. The average molecular weight is 215 g/mol. The van der Waals surface area contributed by atoms with Crippen LogP contribution in [-0.4, -0.2) is 40.0 Å². The summed E-state index contributed by atoms with van der Waals surface area (Å²) in [7, 11) is 1.70. The van der Waals surface area contributed by atoms with Gasteiger partial charge in [-0.25, -0.2) is 0 Å². The van der Waals surface area contributed by atoms with Crippen molar-refractivity contribution in [2.24, 2.45) is 5.92 Å². The molecule has 0 heterocycles. The maximum Gasteiger partial charge on any atom is 0.0700 e. The Bertz CT molecular complexity index is 138. The fraction of sp³-hybridized carbons (Fsp3) is 1.00. The third-order valence-electron chi connectivity index (χ3n) is 2.98. The van der Waals surface area contributed by atoms with E-state index in [2.05, 4.69) is 5.32 Å². The Hall–Kier alpha value is -0.120. The predicted octanol–water partition coefficient (Wildman–Crippen LogP) is 1.82. The highest BCUT2D eigenvalue weighted by atomic mass is 16.5. The van der Waals surface area contributed by atoms with Gasteiger partial charge < -0.3 is 14.8 Å². The normalized spacial score (nSPS) is 16.6.